The number of likely N-dealkylation sites (tertiary alicyclic amines) is 4. The maximum absolute atomic E-state index is 7.03. The van der Waals surface area contributed by atoms with Crippen molar-refractivity contribution in [2.75, 3.05) is 61.0 Å². The summed E-state index contributed by atoms with van der Waals surface area (Å²) in [5, 5.41) is 7.14. The molecule has 0 bridgehead atoms. The van der Waals surface area contributed by atoms with Crippen molar-refractivity contribution >= 4 is 23.8 Å². The lowest BCUT2D eigenvalue weighted by Gasteiger charge is -2.50. The molecule has 4 fully saturated rings. The highest BCUT2D eigenvalue weighted by Crippen LogP contribution is 2.40. The van der Waals surface area contributed by atoms with Crippen LogP contribution < -0.4 is 22.1 Å². The van der Waals surface area contributed by atoms with Crippen molar-refractivity contribution in [1.29, 1.82) is 0 Å². The molecule has 0 aromatic carbocycles. The molecule has 4 atom stereocenters. The van der Waals surface area contributed by atoms with Crippen molar-refractivity contribution in [3.05, 3.63) is 71.9 Å². The minimum atomic E-state index is -0.0846. The van der Waals surface area contributed by atoms with Crippen LogP contribution in [0.5, 0.6) is 0 Å². The van der Waals surface area contributed by atoms with Crippen LogP contribution in [0.2, 0.25) is 0 Å². The quantitative estimate of drug-likeness (QED) is 0.0603. The largest absolute Gasteiger partial charge is 0.373 e. The van der Waals surface area contributed by atoms with Gasteiger partial charge in [-0.25, -0.2) is 9.98 Å². The summed E-state index contributed by atoms with van der Waals surface area (Å²) in [4.78, 5) is 40.4. The van der Waals surface area contributed by atoms with E-state index in [2.05, 4.69) is 213 Å². The molecule has 0 aromatic heterocycles. The predicted molar refractivity (Wildman–Crippen MR) is 348 cm³/mol. The Labute approximate surface area is 495 Å². The fraction of sp³-hybridized carbons (Fsp3) is 0.754. The van der Waals surface area contributed by atoms with E-state index < -0.39 is 0 Å². The SMILES string of the molecule is C=C(N=C(NC(N)=NCN=C(N)NC(=NC(=C)N(CCCC)C1C/C(=C/C)N(C)C(C)(C)C1)N(CCCC)C1C/C(=C/C)N(C)C(C)(C)C1)N(CCCC)C1C/C(=C/C)N(C)C(C)(C)C1)N(CCCC)C1C/C(=C/C)N(C)C(C)(C)C1. The van der Waals surface area contributed by atoms with Crippen LogP contribution in [-0.2, 0) is 0 Å². The second-order valence-corrected chi connectivity index (χ2v) is 26.2. The van der Waals surface area contributed by atoms with E-state index in [1.807, 2.05) is 0 Å². The number of unbranched alkanes of at least 4 members (excludes halogenated alkanes) is 4. The molecule has 0 radical (unpaired) electrons. The van der Waals surface area contributed by atoms with Crippen LogP contribution >= 0.6 is 0 Å². The van der Waals surface area contributed by atoms with Gasteiger partial charge in [0.2, 0.25) is 11.9 Å². The first-order valence-corrected chi connectivity index (χ1v) is 31.4. The molecular weight excluding hydrogens is 1000 g/mol. The molecule has 16 heteroatoms. The van der Waals surface area contributed by atoms with Crippen molar-refractivity contribution in [3.63, 3.8) is 0 Å². The smallest absolute Gasteiger partial charge is 0.207 e. The van der Waals surface area contributed by atoms with E-state index in [1.165, 1.54) is 22.8 Å². The molecule has 4 unspecified atom stereocenters. The van der Waals surface area contributed by atoms with Crippen molar-refractivity contribution in [3.8, 4) is 0 Å². The molecule has 0 spiro atoms. The molecule has 460 valence electrons. The normalized spacial score (nSPS) is 25.4. The van der Waals surface area contributed by atoms with E-state index >= 15 is 0 Å². The predicted octanol–water partition coefficient (Wildman–Crippen LogP) is 11.9. The van der Waals surface area contributed by atoms with Gasteiger partial charge >= 0.3 is 0 Å². The van der Waals surface area contributed by atoms with E-state index in [9.17, 15) is 0 Å². The van der Waals surface area contributed by atoms with Gasteiger partial charge in [0.05, 0.1) is 0 Å². The maximum atomic E-state index is 7.03. The molecule has 4 aliphatic rings. The van der Waals surface area contributed by atoms with Gasteiger partial charge in [-0.05, 0) is 134 Å². The molecule has 0 aromatic rings. The Morgan fingerprint density at radius 1 is 0.469 bits per heavy atom. The Morgan fingerprint density at radius 2 is 0.704 bits per heavy atom. The third kappa shape index (κ3) is 17.9. The molecular formula is C65H120N16. The number of allylic oxidation sites excluding steroid dienone is 4. The number of rotatable bonds is 22. The zero-order valence-electron chi connectivity index (χ0n) is 55.4. The molecule has 4 saturated heterocycles. The Bertz CT molecular complexity index is 2150. The third-order valence-corrected chi connectivity index (χ3v) is 18.8. The highest BCUT2D eigenvalue weighted by atomic mass is 15.4. The first kappa shape index (κ1) is 68.2. The Morgan fingerprint density at radius 3 is 0.938 bits per heavy atom. The van der Waals surface area contributed by atoms with Crippen LogP contribution in [0.4, 0.5) is 0 Å². The van der Waals surface area contributed by atoms with Crippen molar-refractivity contribution < 1.29 is 0 Å². The number of aliphatic imine (C=N–C) groups is 4. The van der Waals surface area contributed by atoms with Crippen molar-refractivity contribution in [2.24, 2.45) is 31.4 Å². The zero-order valence-corrected chi connectivity index (χ0v) is 55.4. The van der Waals surface area contributed by atoms with E-state index in [-0.39, 0.29) is 64.9 Å². The fourth-order valence-corrected chi connectivity index (χ4v) is 12.8. The molecule has 4 aliphatic heterocycles. The number of nitrogens with zero attached hydrogens (tertiary/aromatic N) is 12. The molecule has 0 aliphatic carbocycles. The van der Waals surface area contributed by atoms with Gasteiger partial charge in [0.25, 0.3) is 0 Å². The van der Waals surface area contributed by atoms with Gasteiger partial charge in [0, 0.05) is 149 Å². The summed E-state index contributed by atoms with van der Waals surface area (Å²) in [5.41, 5.74) is 19.1. The van der Waals surface area contributed by atoms with Gasteiger partial charge in [0.15, 0.2) is 11.9 Å². The molecule has 4 heterocycles. The topological polar surface area (TPSA) is 151 Å². The molecule has 0 amide bonds. The standard InChI is InChI=1S/C65H120N16/c1-23-31-35-78(54-39-50(27-5)74(19)62(11,12)43-54)48(9)70-60(80(37-33-25-3)56-41-52(29-7)76(21)64(15,16)45-56)72-58(66)68-47-69-59(67)73-61(81(38-34-26-4)57-42-53(30-8)77(22)65(17,18)46-57)71-49(10)79(36-32-24-2)55-40-51(28-6)75(20)63(13,14)44-55/h27-30,54-57H,9-10,23-26,31-47H2,1-8,11-22H3,(H3,66,68,70,72)(H3,67,69,71,73)/b50-27-,51-28-,52-29-,53-30-. The van der Waals surface area contributed by atoms with Crippen LogP contribution in [0.1, 0.15) is 214 Å². The zero-order chi connectivity index (χ0) is 60.6. The lowest BCUT2D eigenvalue weighted by molar-refractivity contribution is 0.0807. The highest BCUT2D eigenvalue weighted by molar-refractivity contribution is 5.99. The Balaban J connectivity index is 1.83. The maximum Gasteiger partial charge on any atom is 0.207 e. The Kier molecular flexibility index (Phi) is 25.5. The Hall–Kier alpha value is -5.28. The number of piperidine rings is 4. The average molecular weight is 1130 g/mol. The van der Waals surface area contributed by atoms with E-state index in [0.717, 1.165) is 141 Å². The number of nitrogens with two attached hydrogens (primary N) is 2. The van der Waals surface area contributed by atoms with Gasteiger partial charge in [0.1, 0.15) is 18.3 Å². The number of nitrogens with one attached hydrogen (secondary N) is 2. The average Bonchev–Trinajstić information content (AvgIpc) is 3.46. The summed E-state index contributed by atoms with van der Waals surface area (Å²) < 4.78 is 0. The number of hydrogen-bond donors (Lipinski definition) is 4. The van der Waals surface area contributed by atoms with E-state index in [4.69, 9.17) is 44.6 Å². The molecule has 16 nitrogen and oxygen atoms in total. The van der Waals surface area contributed by atoms with Crippen LogP contribution in [0.25, 0.3) is 0 Å². The lowest BCUT2D eigenvalue weighted by atomic mass is 9.84. The monoisotopic (exact) mass is 1120 g/mol. The lowest BCUT2D eigenvalue weighted by Crippen LogP contribution is -2.58. The van der Waals surface area contributed by atoms with Crippen molar-refractivity contribution in [2.45, 2.75) is 260 Å². The summed E-state index contributed by atoms with van der Waals surface area (Å²) in [6, 6.07) is 0.760. The number of hydrogen-bond acceptors (Lipinski definition) is 10. The van der Waals surface area contributed by atoms with Crippen LogP contribution in [0, 0.1) is 0 Å². The fourth-order valence-electron chi connectivity index (χ4n) is 12.8. The second kappa shape index (κ2) is 30.3. The van der Waals surface area contributed by atoms with Gasteiger partial charge in [-0.15, -0.1) is 0 Å². The number of guanidine groups is 4. The minimum Gasteiger partial charge on any atom is -0.373 e. The molecule has 6 N–H and O–H groups in total. The summed E-state index contributed by atoms with van der Waals surface area (Å²) in [7, 11) is 8.89. The second-order valence-electron chi connectivity index (χ2n) is 26.2. The molecule has 81 heavy (non-hydrogen) atoms. The first-order valence-electron chi connectivity index (χ1n) is 31.4. The summed E-state index contributed by atoms with van der Waals surface area (Å²) in [6.07, 6.45) is 24.8. The van der Waals surface area contributed by atoms with E-state index in [1.54, 1.807) is 0 Å². The summed E-state index contributed by atoms with van der Waals surface area (Å²) in [5.74, 6) is 3.21. The summed E-state index contributed by atoms with van der Waals surface area (Å²) in [6.45, 7) is 49.2. The third-order valence-electron chi connectivity index (χ3n) is 18.8. The highest BCUT2D eigenvalue weighted by Gasteiger charge is 2.42. The first-order chi connectivity index (χ1) is 38.1. The van der Waals surface area contributed by atoms with Crippen LogP contribution in [0.3, 0.4) is 0 Å². The summed E-state index contributed by atoms with van der Waals surface area (Å²) >= 11 is 0. The molecule has 0 saturated carbocycles. The van der Waals surface area contributed by atoms with Crippen molar-refractivity contribution in [1.82, 2.24) is 49.8 Å². The minimum absolute atomic E-state index is 0.0170. The van der Waals surface area contributed by atoms with E-state index in [0.29, 0.717) is 11.9 Å². The van der Waals surface area contributed by atoms with Crippen LogP contribution in [-0.4, -0.2) is 170 Å². The van der Waals surface area contributed by atoms with Gasteiger partial charge in [-0.1, -0.05) is 90.8 Å². The molecule has 4 rings (SSSR count). The van der Waals surface area contributed by atoms with Crippen LogP contribution in [0.15, 0.2) is 91.9 Å². The van der Waals surface area contributed by atoms with Gasteiger partial charge < -0.3 is 50.7 Å². The van der Waals surface area contributed by atoms with Gasteiger partial charge in [-0.3, -0.25) is 10.6 Å². The van der Waals surface area contributed by atoms with Gasteiger partial charge in [-0.2, -0.15) is 9.98 Å².